The van der Waals surface area contributed by atoms with Crippen LogP contribution in [0.5, 0.6) is 0 Å². The number of aliphatic hydroxyl groups is 1. The zero-order chi connectivity index (χ0) is 8.20. The lowest BCUT2D eigenvalue weighted by Crippen LogP contribution is -2.18. The summed E-state index contributed by atoms with van der Waals surface area (Å²) >= 11 is 3.15. The molecule has 58 valence electrons. The second kappa shape index (κ2) is 4.17. The molecule has 0 bridgehead atoms. The van der Waals surface area contributed by atoms with E-state index in [1.165, 1.54) is 0 Å². The van der Waals surface area contributed by atoms with Crippen molar-refractivity contribution < 1.29 is 5.11 Å². The quantitative estimate of drug-likeness (QED) is 0.405. The maximum atomic E-state index is 9.02. The van der Waals surface area contributed by atoms with Crippen molar-refractivity contribution >= 4 is 24.0 Å². The molecule has 1 nitrogen and oxygen atoms in total. The molecule has 0 aliphatic heterocycles. The van der Waals surface area contributed by atoms with Gasteiger partial charge in [-0.1, -0.05) is 41.5 Å². The van der Waals surface area contributed by atoms with Crippen LogP contribution < -0.4 is 0 Å². The molecule has 0 saturated heterocycles. The molecule has 1 atom stereocenters. The summed E-state index contributed by atoms with van der Waals surface area (Å²) in [7, 11) is -1.28. The van der Waals surface area contributed by atoms with Crippen LogP contribution >= 0.6 is 15.9 Å². The van der Waals surface area contributed by atoms with E-state index in [0.29, 0.717) is 5.33 Å². The summed E-state index contributed by atoms with van der Waals surface area (Å²) in [6.07, 6.45) is -0.494. The Labute approximate surface area is 72.0 Å². The van der Waals surface area contributed by atoms with Gasteiger partial charge in [0.25, 0.3) is 0 Å². The first-order valence-corrected chi connectivity index (χ1v) is 7.84. The first kappa shape index (κ1) is 10.2. The van der Waals surface area contributed by atoms with Crippen molar-refractivity contribution in [1.29, 1.82) is 0 Å². The largest absolute Gasteiger partial charge is 0.380 e. The Morgan fingerprint density at radius 3 is 2.30 bits per heavy atom. The average Bonchev–Trinajstić information content (AvgIpc) is 1.81. The smallest absolute Gasteiger partial charge is 0.129 e. The predicted molar refractivity (Wildman–Crippen MR) is 50.9 cm³/mol. The summed E-state index contributed by atoms with van der Waals surface area (Å²) in [5.41, 5.74) is 3.08. The number of hydrogen-bond donors (Lipinski definition) is 1. The van der Waals surface area contributed by atoms with Crippen LogP contribution in [0.15, 0.2) is 0 Å². The van der Waals surface area contributed by atoms with Crippen LogP contribution in [0.25, 0.3) is 0 Å². The van der Waals surface area contributed by atoms with Crippen LogP contribution in [-0.2, 0) is 0 Å². The molecule has 0 aliphatic rings. The minimum Gasteiger partial charge on any atom is -0.380 e. The van der Waals surface area contributed by atoms with Crippen molar-refractivity contribution in [2.75, 3.05) is 5.33 Å². The van der Waals surface area contributed by atoms with Crippen LogP contribution in [0, 0.1) is 11.5 Å². The molecule has 0 saturated carbocycles. The maximum Gasteiger partial charge on any atom is 0.129 e. The predicted octanol–water partition coefficient (Wildman–Crippen LogP) is 1.62. The summed E-state index contributed by atoms with van der Waals surface area (Å²) in [6.45, 7) is 6.46. The lowest BCUT2D eigenvalue weighted by molar-refractivity contribution is 0.259. The molecule has 0 rings (SSSR count). The fourth-order valence-corrected chi connectivity index (χ4v) is 1.10. The first-order chi connectivity index (χ1) is 4.45. The molecule has 0 aromatic rings. The highest BCUT2D eigenvalue weighted by molar-refractivity contribution is 9.09. The van der Waals surface area contributed by atoms with E-state index >= 15 is 0 Å². The zero-order valence-electron chi connectivity index (χ0n) is 6.61. The first-order valence-electron chi connectivity index (χ1n) is 3.22. The Kier molecular flexibility index (Phi) is 4.26. The molecule has 0 unspecified atom stereocenters. The van der Waals surface area contributed by atoms with Gasteiger partial charge in [-0.05, 0) is 0 Å². The summed E-state index contributed by atoms with van der Waals surface area (Å²) in [4.78, 5) is 0. The van der Waals surface area contributed by atoms with Gasteiger partial charge in [-0.25, -0.2) is 0 Å². The lowest BCUT2D eigenvalue weighted by Gasteiger charge is -2.04. The SMILES string of the molecule is C[Si](C)(C)C#C[C@@H](O)CBr. The van der Waals surface area contributed by atoms with E-state index in [-0.39, 0.29) is 0 Å². The van der Waals surface area contributed by atoms with E-state index in [0.717, 1.165) is 0 Å². The topological polar surface area (TPSA) is 20.2 Å². The second-order valence-electron chi connectivity index (χ2n) is 3.19. The van der Waals surface area contributed by atoms with E-state index in [1.54, 1.807) is 0 Å². The van der Waals surface area contributed by atoms with Crippen molar-refractivity contribution in [3.05, 3.63) is 0 Å². The summed E-state index contributed by atoms with van der Waals surface area (Å²) < 4.78 is 0. The maximum absolute atomic E-state index is 9.02. The molecule has 0 aliphatic carbocycles. The third kappa shape index (κ3) is 6.34. The van der Waals surface area contributed by atoms with Gasteiger partial charge in [-0.2, -0.15) is 0 Å². The number of aliphatic hydroxyl groups excluding tert-OH is 1. The monoisotopic (exact) mass is 220 g/mol. The number of alkyl halides is 1. The van der Waals surface area contributed by atoms with Gasteiger partial charge in [0.15, 0.2) is 0 Å². The Morgan fingerprint density at radius 2 is 2.00 bits per heavy atom. The molecule has 0 spiro atoms. The minimum absolute atomic E-state index is 0.494. The van der Waals surface area contributed by atoms with Crippen molar-refractivity contribution in [2.45, 2.75) is 25.7 Å². The van der Waals surface area contributed by atoms with E-state index in [9.17, 15) is 0 Å². The summed E-state index contributed by atoms with van der Waals surface area (Å²) in [6, 6.07) is 0. The standard InChI is InChI=1S/C7H13BrOSi/c1-10(2,3)5-4-7(9)6-8/h7,9H,6H2,1-3H3/t7-/m1/s1. The zero-order valence-corrected chi connectivity index (χ0v) is 9.20. The number of rotatable bonds is 1. The van der Waals surface area contributed by atoms with E-state index in [4.69, 9.17) is 5.11 Å². The van der Waals surface area contributed by atoms with Gasteiger partial charge in [0.2, 0.25) is 0 Å². The molecular weight excluding hydrogens is 208 g/mol. The molecule has 0 radical (unpaired) electrons. The molecule has 10 heavy (non-hydrogen) atoms. The number of halogens is 1. The molecule has 1 N–H and O–H groups in total. The van der Waals surface area contributed by atoms with Crippen LogP contribution in [-0.4, -0.2) is 24.6 Å². The normalized spacial score (nSPS) is 13.7. The third-order valence-corrected chi connectivity index (χ3v) is 2.27. The van der Waals surface area contributed by atoms with Crippen LogP contribution in [0.4, 0.5) is 0 Å². The Balaban J connectivity index is 3.91. The molecule has 3 heteroatoms. The van der Waals surface area contributed by atoms with Gasteiger partial charge in [0.1, 0.15) is 14.2 Å². The highest BCUT2D eigenvalue weighted by atomic mass is 79.9. The van der Waals surface area contributed by atoms with Crippen LogP contribution in [0.3, 0.4) is 0 Å². The van der Waals surface area contributed by atoms with Crippen molar-refractivity contribution in [1.82, 2.24) is 0 Å². The van der Waals surface area contributed by atoms with E-state index < -0.39 is 14.2 Å². The highest BCUT2D eigenvalue weighted by Gasteiger charge is 2.07. The molecule has 0 fully saturated rings. The minimum atomic E-state index is -1.28. The summed E-state index contributed by atoms with van der Waals surface area (Å²) in [5, 5.41) is 9.57. The van der Waals surface area contributed by atoms with Gasteiger partial charge < -0.3 is 5.11 Å². The Morgan fingerprint density at radius 1 is 1.50 bits per heavy atom. The molecular formula is C7H13BrOSi. The third-order valence-electron chi connectivity index (χ3n) is 0.760. The van der Waals surface area contributed by atoms with E-state index in [2.05, 4.69) is 47.0 Å². The number of hydrogen-bond acceptors (Lipinski definition) is 1. The van der Waals surface area contributed by atoms with Crippen LogP contribution in [0.2, 0.25) is 19.6 Å². The molecule has 0 aromatic carbocycles. The lowest BCUT2D eigenvalue weighted by atomic mass is 10.4. The van der Waals surface area contributed by atoms with E-state index in [1.807, 2.05) is 0 Å². The summed E-state index contributed by atoms with van der Waals surface area (Å²) in [5.74, 6) is 2.79. The molecule has 0 heterocycles. The molecule has 0 aromatic heterocycles. The van der Waals surface area contributed by atoms with Gasteiger partial charge in [-0.15, -0.1) is 5.54 Å². The second-order valence-corrected chi connectivity index (χ2v) is 8.59. The fourth-order valence-electron chi connectivity index (χ4n) is 0.338. The highest BCUT2D eigenvalue weighted by Crippen LogP contribution is 1.97. The Hall–Kier alpha value is 0.217. The van der Waals surface area contributed by atoms with Crippen molar-refractivity contribution in [3.8, 4) is 11.5 Å². The van der Waals surface area contributed by atoms with Crippen molar-refractivity contribution in [2.24, 2.45) is 0 Å². The van der Waals surface area contributed by atoms with Crippen LogP contribution in [0.1, 0.15) is 0 Å². The average molecular weight is 221 g/mol. The fraction of sp³-hybridized carbons (Fsp3) is 0.714. The molecule has 0 amide bonds. The Bertz CT molecular complexity index is 151. The van der Waals surface area contributed by atoms with Gasteiger partial charge in [0, 0.05) is 5.33 Å². The van der Waals surface area contributed by atoms with Crippen molar-refractivity contribution in [3.63, 3.8) is 0 Å². The van der Waals surface area contributed by atoms with Gasteiger partial charge in [0.05, 0.1) is 0 Å². The van der Waals surface area contributed by atoms with Gasteiger partial charge in [-0.3, -0.25) is 0 Å². The van der Waals surface area contributed by atoms with Gasteiger partial charge >= 0.3 is 0 Å².